The van der Waals surface area contributed by atoms with Gasteiger partial charge >= 0.3 is 12.3 Å². The fourth-order valence-electron chi connectivity index (χ4n) is 3.72. The third-order valence-corrected chi connectivity index (χ3v) is 5.82. The number of ether oxygens (including phenoxy) is 1. The average molecular weight is 457 g/mol. The van der Waals surface area contributed by atoms with E-state index in [-0.39, 0.29) is 11.7 Å². The lowest BCUT2D eigenvalue weighted by atomic mass is 10.0. The number of alkyl halides is 3. The van der Waals surface area contributed by atoms with Crippen molar-refractivity contribution in [1.82, 2.24) is 4.90 Å². The van der Waals surface area contributed by atoms with Crippen LogP contribution in [0.15, 0.2) is 36.4 Å². The summed E-state index contributed by atoms with van der Waals surface area (Å²) in [6.07, 6.45) is -5.59. The van der Waals surface area contributed by atoms with E-state index in [1.807, 2.05) is 11.8 Å². The Balaban J connectivity index is 1.77. The first-order valence-electron chi connectivity index (χ1n) is 9.83. The predicted octanol–water partition coefficient (Wildman–Crippen LogP) is 5.94. The van der Waals surface area contributed by atoms with Crippen LogP contribution in [0.1, 0.15) is 34.7 Å². The number of benzene rings is 2. The number of carboxylic acid groups (broad SMARTS) is 1. The maximum atomic E-state index is 13.8. The Kier molecular flexibility index (Phi) is 7.01. The maximum absolute atomic E-state index is 13.8. The number of aryl methyl sites for hydroxylation is 2. The highest BCUT2D eigenvalue weighted by Crippen LogP contribution is 2.37. The minimum atomic E-state index is -4.50. The summed E-state index contributed by atoms with van der Waals surface area (Å²) in [5, 5.41) is 11.8. The molecule has 2 N–H and O–H groups in total. The molecule has 31 heavy (non-hydrogen) atoms. The molecule has 1 aliphatic heterocycles. The van der Waals surface area contributed by atoms with Gasteiger partial charge in [-0.15, -0.1) is 0 Å². The molecule has 2 aromatic rings. The standard InChI is InChI=1S/C22H24ClF3N2O3/c1-13-3-5-17(10-16(13)11-28-8-7-18(12-28)31-21(29)30)27-20(22(24,25)26)15-4-6-19(23)14(2)9-15/h3-6,9-10,18,20,27H,7-8,11-12H2,1-2H3,(H,29,30)/t18-,20+/m1/s1. The fraction of sp³-hybridized carbons (Fsp3) is 0.409. The van der Waals surface area contributed by atoms with Crippen LogP contribution in [0.2, 0.25) is 5.02 Å². The second kappa shape index (κ2) is 9.36. The van der Waals surface area contributed by atoms with Crippen molar-refractivity contribution in [2.24, 2.45) is 0 Å². The molecule has 0 amide bonds. The number of likely N-dealkylation sites (tertiary alicyclic amines) is 1. The van der Waals surface area contributed by atoms with Gasteiger partial charge in [-0.2, -0.15) is 13.2 Å². The van der Waals surface area contributed by atoms with Gasteiger partial charge in [0.25, 0.3) is 0 Å². The molecule has 1 heterocycles. The minimum absolute atomic E-state index is 0.0877. The van der Waals surface area contributed by atoms with Gasteiger partial charge < -0.3 is 15.2 Å². The van der Waals surface area contributed by atoms with E-state index in [0.717, 1.165) is 11.1 Å². The van der Waals surface area contributed by atoms with E-state index in [1.165, 1.54) is 18.2 Å². The van der Waals surface area contributed by atoms with Gasteiger partial charge in [0.05, 0.1) is 0 Å². The van der Waals surface area contributed by atoms with Crippen LogP contribution in [-0.2, 0) is 11.3 Å². The third-order valence-electron chi connectivity index (χ3n) is 5.39. The highest BCUT2D eigenvalue weighted by Gasteiger charge is 2.41. The Hall–Kier alpha value is -2.45. The number of nitrogens with one attached hydrogen (secondary N) is 1. The highest BCUT2D eigenvalue weighted by atomic mass is 35.5. The van der Waals surface area contributed by atoms with Crippen LogP contribution in [0.25, 0.3) is 0 Å². The van der Waals surface area contributed by atoms with E-state index >= 15 is 0 Å². The van der Waals surface area contributed by atoms with E-state index in [2.05, 4.69) is 5.32 Å². The van der Waals surface area contributed by atoms with Crippen molar-refractivity contribution in [3.05, 3.63) is 63.7 Å². The summed E-state index contributed by atoms with van der Waals surface area (Å²) in [6.45, 7) is 5.17. The van der Waals surface area contributed by atoms with E-state index in [4.69, 9.17) is 21.4 Å². The smallest absolute Gasteiger partial charge is 0.450 e. The highest BCUT2D eigenvalue weighted by molar-refractivity contribution is 6.31. The largest absolute Gasteiger partial charge is 0.506 e. The first-order valence-corrected chi connectivity index (χ1v) is 10.2. The monoisotopic (exact) mass is 456 g/mol. The van der Waals surface area contributed by atoms with Gasteiger partial charge in [0.15, 0.2) is 0 Å². The molecule has 5 nitrogen and oxygen atoms in total. The number of carbonyl (C=O) groups is 1. The molecule has 0 aromatic heterocycles. The maximum Gasteiger partial charge on any atom is 0.506 e. The van der Waals surface area contributed by atoms with Crippen molar-refractivity contribution in [2.75, 3.05) is 18.4 Å². The molecule has 0 bridgehead atoms. The van der Waals surface area contributed by atoms with Crippen LogP contribution in [0, 0.1) is 13.8 Å². The summed E-state index contributed by atoms with van der Waals surface area (Å²) in [7, 11) is 0. The predicted molar refractivity (Wildman–Crippen MR) is 113 cm³/mol. The van der Waals surface area contributed by atoms with Gasteiger partial charge in [-0.25, -0.2) is 4.79 Å². The zero-order valence-electron chi connectivity index (χ0n) is 17.2. The van der Waals surface area contributed by atoms with Crippen LogP contribution in [-0.4, -0.2) is 41.5 Å². The first kappa shape index (κ1) is 23.2. The molecule has 2 aromatic carbocycles. The van der Waals surface area contributed by atoms with Crippen molar-refractivity contribution >= 4 is 23.4 Å². The second-order valence-corrected chi connectivity index (χ2v) is 8.21. The van der Waals surface area contributed by atoms with Crippen molar-refractivity contribution in [1.29, 1.82) is 0 Å². The molecule has 1 aliphatic rings. The molecular formula is C22H24ClF3N2O3. The number of halogens is 4. The molecule has 0 aliphatic carbocycles. The average Bonchev–Trinajstić information content (AvgIpc) is 3.10. The Bertz CT molecular complexity index is 952. The number of anilines is 1. The molecular weight excluding hydrogens is 433 g/mol. The zero-order chi connectivity index (χ0) is 22.8. The number of nitrogens with zero attached hydrogens (tertiary/aromatic N) is 1. The van der Waals surface area contributed by atoms with Crippen molar-refractivity contribution in [3.8, 4) is 0 Å². The van der Waals surface area contributed by atoms with Crippen LogP contribution in [0.5, 0.6) is 0 Å². The Labute approximate surface area is 183 Å². The van der Waals surface area contributed by atoms with Gasteiger partial charge in [0.1, 0.15) is 12.1 Å². The van der Waals surface area contributed by atoms with Gasteiger partial charge in [0.2, 0.25) is 0 Å². The lowest BCUT2D eigenvalue weighted by Crippen LogP contribution is -2.28. The molecule has 1 fully saturated rings. The van der Waals surface area contributed by atoms with E-state index in [0.29, 0.717) is 42.3 Å². The van der Waals surface area contributed by atoms with Gasteiger partial charge in [0, 0.05) is 30.3 Å². The topological polar surface area (TPSA) is 61.8 Å². The Morgan fingerprint density at radius 1 is 1.26 bits per heavy atom. The summed E-state index contributed by atoms with van der Waals surface area (Å²) in [6, 6.07) is 7.52. The quantitative estimate of drug-likeness (QED) is 0.526. The summed E-state index contributed by atoms with van der Waals surface area (Å²) < 4.78 is 46.3. The lowest BCUT2D eigenvalue weighted by molar-refractivity contribution is -0.144. The van der Waals surface area contributed by atoms with Gasteiger partial charge in [-0.05, 0) is 60.7 Å². The van der Waals surface area contributed by atoms with Crippen LogP contribution in [0.4, 0.5) is 23.7 Å². The third kappa shape index (κ3) is 6.04. The zero-order valence-corrected chi connectivity index (χ0v) is 17.9. The summed E-state index contributed by atoms with van der Waals surface area (Å²) in [4.78, 5) is 12.7. The van der Waals surface area contributed by atoms with Crippen LogP contribution < -0.4 is 5.32 Å². The van der Waals surface area contributed by atoms with Gasteiger partial charge in [-0.1, -0.05) is 29.8 Å². The molecule has 1 saturated heterocycles. The molecule has 2 atom stereocenters. The number of hydrogen-bond acceptors (Lipinski definition) is 4. The van der Waals surface area contributed by atoms with Crippen molar-refractivity contribution in [2.45, 2.75) is 45.1 Å². The number of hydrogen-bond donors (Lipinski definition) is 2. The fourth-order valence-corrected chi connectivity index (χ4v) is 3.84. The van der Waals surface area contributed by atoms with E-state index in [1.54, 1.807) is 25.1 Å². The van der Waals surface area contributed by atoms with E-state index < -0.39 is 18.4 Å². The molecule has 0 spiro atoms. The lowest BCUT2D eigenvalue weighted by Gasteiger charge is -2.25. The Morgan fingerprint density at radius 3 is 2.65 bits per heavy atom. The second-order valence-electron chi connectivity index (χ2n) is 7.80. The normalized spacial score (nSPS) is 18.1. The number of rotatable bonds is 6. The summed E-state index contributed by atoms with van der Waals surface area (Å²) >= 11 is 5.97. The first-order chi connectivity index (χ1) is 14.5. The SMILES string of the molecule is Cc1cc([C@H](Nc2ccc(C)c(CN3CC[C@@H](OC(=O)O)C3)c2)C(F)(F)F)ccc1Cl. The van der Waals surface area contributed by atoms with Crippen LogP contribution >= 0.6 is 11.6 Å². The summed E-state index contributed by atoms with van der Waals surface area (Å²) in [5.41, 5.74) is 2.83. The molecule has 0 radical (unpaired) electrons. The van der Waals surface area contributed by atoms with Gasteiger partial charge in [-0.3, -0.25) is 4.90 Å². The van der Waals surface area contributed by atoms with Crippen molar-refractivity contribution in [3.63, 3.8) is 0 Å². The van der Waals surface area contributed by atoms with Crippen LogP contribution in [0.3, 0.4) is 0 Å². The van der Waals surface area contributed by atoms with Crippen molar-refractivity contribution < 1.29 is 27.8 Å². The minimum Gasteiger partial charge on any atom is -0.450 e. The molecule has 9 heteroatoms. The molecule has 0 unspecified atom stereocenters. The molecule has 3 rings (SSSR count). The summed E-state index contributed by atoms with van der Waals surface area (Å²) in [5.74, 6) is 0. The molecule has 168 valence electrons. The molecule has 0 saturated carbocycles. The van der Waals surface area contributed by atoms with E-state index in [9.17, 15) is 18.0 Å². The Morgan fingerprint density at radius 2 is 2.00 bits per heavy atom.